The highest BCUT2D eigenvalue weighted by molar-refractivity contribution is 7.92. The number of sulfone groups is 1. The Balaban J connectivity index is 2.53. The van der Waals surface area contributed by atoms with Gasteiger partial charge in [0.1, 0.15) is 0 Å². The van der Waals surface area contributed by atoms with Crippen LogP contribution in [0.2, 0.25) is 0 Å². The minimum atomic E-state index is -3.11. The van der Waals surface area contributed by atoms with E-state index in [1.54, 1.807) is 45.0 Å². The van der Waals surface area contributed by atoms with Gasteiger partial charge in [0.15, 0.2) is 9.84 Å². The van der Waals surface area contributed by atoms with Crippen LogP contribution in [0.25, 0.3) is 0 Å². The van der Waals surface area contributed by atoms with E-state index < -0.39 is 14.6 Å². The van der Waals surface area contributed by atoms with Gasteiger partial charge < -0.3 is 10.6 Å². The van der Waals surface area contributed by atoms with Crippen LogP contribution in [0.3, 0.4) is 0 Å². The molecular formula is C14H22N2O3S. The van der Waals surface area contributed by atoms with Crippen LogP contribution in [0.5, 0.6) is 0 Å². The maximum Gasteiger partial charge on any atom is 0.221 e. The van der Waals surface area contributed by atoms with Gasteiger partial charge in [0.25, 0.3) is 0 Å². The van der Waals surface area contributed by atoms with Crippen molar-refractivity contribution in [3.05, 3.63) is 24.3 Å². The Labute approximate surface area is 120 Å². The third-order valence-corrected chi connectivity index (χ3v) is 5.45. The minimum Gasteiger partial charge on any atom is -0.384 e. The van der Waals surface area contributed by atoms with Gasteiger partial charge in [-0.05, 0) is 45.0 Å². The highest BCUT2D eigenvalue weighted by Gasteiger charge is 2.28. The molecule has 5 nitrogen and oxygen atoms in total. The van der Waals surface area contributed by atoms with E-state index in [1.807, 2.05) is 0 Å². The molecule has 0 saturated carbocycles. The number of amides is 1. The predicted molar refractivity (Wildman–Crippen MR) is 82.8 cm³/mol. The molecule has 0 aliphatic carbocycles. The summed E-state index contributed by atoms with van der Waals surface area (Å²) >= 11 is 0. The first-order chi connectivity index (χ1) is 9.12. The van der Waals surface area contributed by atoms with Crippen molar-refractivity contribution >= 4 is 27.1 Å². The molecule has 0 radical (unpaired) electrons. The van der Waals surface area contributed by atoms with Gasteiger partial charge in [-0.15, -0.1) is 0 Å². The normalized spacial score (nSPS) is 12.0. The Morgan fingerprint density at radius 3 is 2.05 bits per heavy atom. The minimum absolute atomic E-state index is 0.0872. The maximum absolute atomic E-state index is 11.9. The summed E-state index contributed by atoms with van der Waals surface area (Å²) in [5.74, 6) is -0.0359. The van der Waals surface area contributed by atoms with Gasteiger partial charge >= 0.3 is 0 Å². The van der Waals surface area contributed by atoms with Gasteiger partial charge in [0, 0.05) is 24.8 Å². The monoisotopic (exact) mass is 298 g/mol. The van der Waals surface area contributed by atoms with E-state index in [2.05, 4.69) is 10.6 Å². The van der Waals surface area contributed by atoms with Crippen molar-refractivity contribution in [2.24, 2.45) is 0 Å². The van der Waals surface area contributed by atoms with Crippen molar-refractivity contribution in [1.29, 1.82) is 0 Å². The Hall–Kier alpha value is -1.56. The van der Waals surface area contributed by atoms with E-state index >= 15 is 0 Å². The molecule has 1 aromatic carbocycles. The summed E-state index contributed by atoms with van der Waals surface area (Å²) in [6, 6.07) is 7.13. The molecule has 0 bridgehead atoms. The van der Waals surface area contributed by atoms with Crippen LogP contribution in [0.1, 0.15) is 27.7 Å². The molecule has 20 heavy (non-hydrogen) atoms. The topological polar surface area (TPSA) is 75.3 Å². The van der Waals surface area contributed by atoms with Gasteiger partial charge in [-0.1, -0.05) is 0 Å². The lowest BCUT2D eigenvalue weighted by atomic mass is 10.3. The summed E-state index contributed by atoms with van der Waals surface area (Å²) in [5.41, 5.74) is 1.54. The molecule has 0 unspecified atom stereocenters. The number of carbonyl (C=O) groups excluding carboxylic acids is 1. The fourth-order valence-corrected chi connectivity index (χ4v) is 2.49. The molecule has 0 atom stereocenters. The molecule has 0 aliphatic rings. The molecule has 1 aromatic rings. The zero-order valence-corrected chi connectivity index (χ0v) is 13.2. The highest BCUT2D eigenvalue weighted by Crippen LogP contribution is 2.17. The summed E-state index contributed by atoms with van der Waals surface area (Å²) in [5, 5.41) is 5.73. The third-order valence-electron chi connectivity index (χ3n) is 2.84. The van der Waals surface area contributed by atoms with Crippen LogP contribution in [0.4, 0.5) is 11.4 Å². The van der Waals surface area contributed by atoms with Crippen LogP contribution < -0.4 is 10.6 Å². The van der Waals surface area contributed by atoms with E-state index in [-0.39, 0.29) is 11.7 Å². The smallest absolute Gasteiger partial charge is 0.221 e. The largest absolute Gasteiger partial charge is 0.384 e. The highest BCUT2D eigenvalue weighted by atomic mass is 32.2. The lowest BCUT2D eigenvalue weighted by Gasteiger charge is -2.19. The van der Waals surface area contributed by atoms with Crippen LogP contribution in [0.15, 0.2) is 24.3 Å². The van der Waals surface area contributed by atoms with Crippen LogP contribution in [-0.2, 0) is 14.6 Å². The Morgan fingerprint density at radius 1 is 1.10 bits per heavy atom. The van der Waals surface area contributed by atoms with Gasteiger partial charge in [0.05, 0.1) is 10.5 Å². The number of hydrogen-bond donors (Lipinski definition) is 2. The molecule has 112 valence electrons. The summed E-state index contributed by atoms with van der Waals surface area (Å²) in [6.07, 6.45) is 0. The summed E-state index contributed by atoms with van der Waals surface area (Å²) in [6.45, 7) is 6.91. The quantitative estimate of drug-likeness (QED) is 0.874. The Kier molecular flexibility index (Phi) is 5.16. The second kappa shape index (κ2) is 6.26. The fraction of sp³-hybridized carbons (Fsp3) is 0.500. The molecule has 2 N–H and O–H groups in total. The molecule has 1 amide bonds. The molecule has 1 rings (SSSR count). The lowest BCUT2D eigenvalue weighted by Crippen LogP contribution is -2.32. The number of hydrogen-bond acceptors (Lipinski definition) is 4. The van der Waals surface area contributed by atoms with Gasteiger partial charge in [-0.3, -0.25) is 4.79 Å². The van der Waals surface area contributed by atoms with Crippen molar-refractivity contribution in [1.82, 2.24) is 0 Å². The average Bonchev–Trinajstić information content (AvgIpc) is 2.29. The summed E-state index contributed by atoms with van der Waals surface area (Å²) < 4.78 is 23.1. The molecule has 0 heterocycles. The van der Waals surface area contributed by atoms with Crippen LogP contribution in [0, 0.1) is 0 Å². The average molecular weight is 298 g/mol. The first-order valence-corrected chi connectivity index (χ1v) is 8.11. The molecule has 0 spiro atoms. The third kappa shape index (κ3) is 4.85. The SMILES string of the molecule is CC(=O)Nc1ccc(NCCS(=O)(=O)C(C)(C)C)cc1. The molecule has 6 heteroatoms. The van der Waals surface area contributed by atoms with Crippen molar-refractivity contribution in [3.63, 3.8) is 0 Å². The molecule has 0 aliphatic heterocycles. The molecule has 0 saturated heterocycles. The molecule has 0 aromatic heterocycles. The number of nitrogens with one attached hydrogen (secondary N) is 2. The van der Waals surface area contributed by atoms with Crippen LogP contribution >= 0.6 is 0 Å². The fourth-order valence-electron chi connectivity index (χ4n) is 1.51. The van der Waals surface area contributed by atoms with Crippen molar-refractivity contribution in [2.45, 2.75) is 32.4 Å². The number of benzene rings is 1. The van der Waals surface area contributed by atoms with Gasteiger partial charge in [-0.25, -0.2) is 8.42 Å². The lowest BCUT2D eigenvalue weighted by molar-refractivity contribution is -0.114. The Bertz CT molecular complexity index is 557. The zero-order chi connectivity index (χ0) is 15.4. The van der Waals surface area contributed by atoms with Gasteiger partial charge in [-0.2, -0.15) is 0 Å². The first kappa shape index (κ1) is 16.5. The second-order valence-electron chi connectivity index (χ2n) is 5.62. The predicted octanol–water partition coefficient (Wildman–Crippen LogP) is 2.27. The van der Waals surface area contributed by atoms with E-state index in [0.29, 0.717) is 12.2 Å². The van der Waals surface area contributed by atoms with Crippen LogP contribution in [-0.4, -0.2) is 31.4 Å². The zero-order valence-electron chi connectivity index (χ0n) is 12.4. The number of carbonyl (C=O) groups is 1. The van der Waals surface area contributed by atoms with Crippen molar-refractivity contribution < 1.29 is 13.2 Å². The maximum atomic E-state index is 11.9. The molecule has 0 fully saturated rings. The number of rotatable bonds is 5. The van der Waals surface area contributed by atoms with Gasteiger partial charge in [0.2, 0.25) is 5.91 Å². The summed E-state index contributed by atoms with van der Waals surface area (Å²) in [7, 11) is -3.11. The van der Waals surface area contributed by atoms with E-state index in [4.69, 9.17) is 0 Å². The first-order valence-electron chi connectivity index (χ1n) is 6.46. The summed E-state index contributed by atoms with van der Waals surface area (Å²) in [4.78, 5) is 10.9. The van der Waals surface area contributed by atoms with Crippen molar-refractivity contribution in [2.75, 3.05) is 22.9 Å². The van der Waals surface area contributed by atoms with E-state index in [1.165, 1.54) is 6.92 Å². The van der Waals surface area contributed by atoms with E-state index in [0.717, 1.165) is 5.69 Å². The second-order valence-corrected chi connectivity index (χ2v) is 8.48. The standard InChI is InChI=1S/C14H22N2O3S/c1-11(17)16-13-7-5-12(6-8-13)15-9-10-20(18,19)14(2,3)4/h5-8,15H,9-10H2,1-4H3,(H,16,17). The molecular weight excluding hydrogens is 276 g/mol. The van der Waals surface area contributed by atoms with E-state index in [9.17, 15) is 13.2 Å². The Morgan fingerprint density at radius 2 is 1.60 bits per heavy atom. The van der Waals surface area contributed by atoms with Crippen molar-refractivity contribution in [3.8, 4) is 0 Å². The number of anilines is 2.